The van der Waals surface area contributed by atoms with E-state index in [1.807, 2.05) is 6.07 Å². The lowest BCUT2D eigenvalue weighted by molar-refractivity contribution is -0.382. The molecule has 0 aliphatic rings. The molecular weight excluding hydrogens is 613 g/mol. The molecule has 16 heteroatoms. The average Bonchev–Trinajstić information content (AvgIpc) is 2.92. The van der Waals surface area contributed by atoms with Gasteiger partial charge in [-0.25, -0.2) is 3.63 Å². The summed E-state index contributed by atoms with van der Waals surface area (Å²) in [6.07, 6.45) is -7.25. The second-order valence-electron chi connectivity index (χ2n) is 8.10. The van der Waals surface area contributed by atoms with Gasteiger partial charge in [0.2, 0.25) is 0 Å². The van der Waals surface area contributed by atoms with Gasteiger partial charge in [-0.2, -0.15) is 53.2 Å². The van der Waals surface area contributed by atoms with Gasteiger partial charge >= 0.3 is 33.4 Å². The molecule has 0 aliphatic carbocycles. The maximum atomic E-state index is 14.8. The molecule has 0 bridgehead atoms. The van der Waals surface area contributed by atoms with Gasteiger partial charge in [-0.3, -0.25) is 0 Å². The van der Waals surface area contributed by atoms with Crippen LogP contribution in [0, 0.1) is 11.3 Å². The average molecular weight is 632 g/mol. The summed E-state index contributed by atoms with van der Waals surface area (Å²) in [4.78, 5) is -0.683. The number of halogens is 9. The highest BCUT2D eigenvalue weighted by molar-refractivity contribution is 8.33. The molecule has 0 amide bonds. The Hall–Kier alpha value is -3.42. The Balaban J connectivity index is 2.29. The fraction of sp³-hybridized carbons (Fsp3) is 0.240. The normalized spacial score (nSPS) is 13.9. The molecule has 3 aromatic rings. The van der Waals surface area contributed by atoms with Crippen molar-refractivity contribution in [1.29, 1.82) is 5.26 Å². The number of ether oxygens (including phenoxy) is 1. The molecule has 0 spiro atoms. The summed E-state index contributed by atoms with van der Waals surface area (Å²) < 4.78 is 159. The van der Waals surface area contributed by atoms with Crippen LogP contribution >= 0.6 is 10.3 Å². The summed E-state index contributed by atoms with van der Waals surface area (Å²) in [5.74, 6) is -14.8. The molecule has 0 N–H and O–H groups in total. The van der Waals surface area contributed by atoms with Crippen LogP contribution in [-0.4, -0.2) is 38.3 Å². The van der Waals surface area contributed by atoms with Crippen LogP contribution in [0.15, 0.2) is 99.6 Å². The predicted octanol–water partition coefficient (Wildman–Crippen LogP) is 7.95. The number of nitriles is 1. The van der Waals surface area contributed by atoms with Crippen LogP contribution in [0.3, 0.4) is 0 Å². The number of alkyl halides is 9. The largest absolute Gasteiger partial charge is 0.493 e. The lowest BCUT2D eigenvalue weighted by atomic mass is 10.1. The van der Waals surface area contributed by atoms with Gasteiger partial charge in [-0.15, -0.1) is 0 Å². The van der Waals surface area contributed by atoms with Crippen molar-refractivity contribution in [1.82, 2.24) is 0 Å². The molecular formula is C25H18F9NO4S2. The fourth-order valence-electron chi connectivity index (χ4n) is 3.39. The summed E-state index contributed by atoms with van der Waals surface area (Å²) in [6, 6.07) is 19.3. The first-order valence-corrected chi connectivity index (χ1v) is 14.1. The van der Waals surface area contributed by atoms with Crippen LogP contribution in [0.2, 0.25) is 0 Å². The monoisotopic (exact) mass is 631 g/mol. The lowest BCUT2D eigenvalue weighted by Crippen LogP contribution is -2.63. The number of rotatable bonds is 11. The standard InChI is InChI=1S/C25H18F9NO4S2/c26-22(27,24(30,31)32)23(28,29)25(33,34)41(36,37)39-40(19-8-3-1-4-9-19,20-10-5-2-6-11-20)21-14-12-18(13-15-21)38-17-7-16-35/h1-6,8-15H,7,17H2. The van der Waals surface area contributed by atoms with E-state index >= 15 is 0 Å². The molecule has 0 fully saturated rings. The van der Waals surface area contributed by atoms with Crippen molar-refractivity contribution in [2.24, 2.45) is 0 Å². The van der Waals surface area contributed by atoms with Crippen LogP contribution in [0.25, 0.3) is 0 Å². The maximum Gasteiger partial charge on any atom is 0.460 e. The Morgan fingerprint density at radius 3 is 1.51 bits per heavy atom. The van der Waals surface area contributed by atoms with Gasteiger partial charge in [-0.05, 0) is 58.8 Å². The van der Waals surface area contributed by atoms with E-state index in [2.05, 4.69) is 0 Å². The molecule has 0 aromatic heterocycles. The highest BCUT2D eigenvalue weighted by atomic mass is 32.3. The van der Waals surface area contributed by atoms with E-state index in [-0.39, 0.29) is 33.5 Å². The molecule has 222 valence electrons. The molecule has 0 unspecified atom stereocenters. The van der Waals surface area contributed by atoms with Crippen molar-refractivity contribution >= 4 is 20.4 Å². The molecule has 0 saturated heterocycles. The number of hydrogen-bond donors (Lipinski definition) is 0. The van der Waals surface area contributed by atoms with E-state index in [0.717, 1.165) is 12.1 Å². The lowest BCUT2D eigenvalue weighted by Gasteiger charge is -2.41. The van der Waals surface area contributed by atoms with E-state index in [4.69, 9.17) is 13.6 Å². The molecule has 3 aromatic carbocycles. The summed E-state index contributed by atoms with van der Waals surface area (Å²) >= 11 is 0. The van der Waals surface area contributed by atoms with Crippen LogP contribution in [0.1, 0.15) is 6.42 Å². The number of hydrogen-bond acceptors (Lipinski definition) is 5. The quantitative estimate of drug-likeness (QED) is 0.159. The van der Waals surface area contributed by atoms with Gasteiger partial charge in [0.15, 0.2) is 0 Å². The molecule has 0 atom stereocenters. The molecule has 0 radical (unpaired) electrons. The maximum absolute atomic E-state index is 14.8. The van der Waals surface area contributed by atoms with Crippen molar-refractivity contribution in [3.05, 3.63) is 84.9 Å². The smallest absolute Gasteiger partial charge is 0.460 e. The second kappa shape index (κ2) is 11.5. The summed E-state index contributed by atoms with van der Waals surface area (Å²) in [5, 5.41) is 1.58. The van der Waals surface area contributed by atoms with Crippen LogP contribution in [-0.2, 0) is 13.7 Å². The van der Waals surface area contributed by atoms with Gasteiger partial charge in [0.05, 0.1) is 12.5 Å². The van der Waals surface area contributed by atoms with Crippen molar-refractivity contribution in [2.75, 3.05) is 6.61 Å². The van der Waals surface area contributed by atoms with Crippen molar-refractivity contribution in [3.8, 4) is 11.8 Å². The highest BCUT2D eigenvalue weighted by Crippen LogP contribution is 2.71. The Kier molecular flexibility index (Phi) is 8.97. The van der Waals surface area contributed by atoms with E-state index in [9.17, 15) is 47.9 Å². The Morgan fingerprint density at radius 2 is 1.10 bits per heavy atom. The van der Waals surface area contributed by atoms with E-state index in [1.165, 1.54) is 72.8 Å². The molecule has 5 nitrogen and oxygen atoms in total. The van der Waals surface area contributed by atoms with Crippen molar-refractivity contribution in [2.45, 2.75) is 44.4 Å². The SMILES string of the molecule is N#CCCOc1ccc(S(OS(=O)(=O)C(F)(F)C(F)(F)C(F)(F)C(F)(F)F)(c2ccccc2)c2ccccc2)cc1. The van der Waals surface area contributed by atoms with Gasteiger partial charge in [0.25, 0.3) is 0 Å². The summed E-state index contributed by atoms with van der Waals surface area (Å²) in [5.41, 5.74) is 0. The van der Waals surface area contributed by atoms with E-state index in [0.29, 0.717) is 0 Å². The van der Waals surface area contributed by atoms with Crippen LogP contribution in [0.5, 0.6) is 5.75 Å². The fourth-order valence-corrected chi connectivity index (χ4v) is 8.61. The second-order valence-corrected chi connectivity index (χ2v) is 12.6. The molecule has 0 aliphatic heterocycles. The van der Waals surface area contributed by atoms with Gasteiger partial charge in [-0.1, -0.05) is 36.4 Å². The third-order valence-electron chi connectivity index (χ3n) is 5.41. The van der Waals surface area contributed by atoms with Crippen molar-refractivity contribution < 1.29 is 56.3 Å². The zero-order valence-corrected chi connectivity index (χ0v) is 21.9. The molecule has 0 heterocycles. The van der Waals surface area contributed by atoms with Crippen molar-refractivity contribution in [3.63, 3.8) is 0 Å². The third kappa shape index (κ3) is 5.70. The minimum absolute atomic E-state index is 0.0157. The molecule has 3 rings (SSSR count). The Labute approximate surface area is 229 Å². The summed E-state index contributed by atoms with van der Waals surface area (Å²) in [7, 11) is -11.4. The zero-order valence-electron chi connectivity index (χ0n) is 20.3. The zero-order chi connectivity index (χ0) is 30.7. The van der Waals surface area contributed by atoms with Crippen LogP contribution < -0.4 is 4.74 Å². The predicted molar refractivity (Wildman–Crippen MR) is 128 cm³/mol. The first-order valence-electron chi connectivity index (χ1n) is 11.1. The van der Waals surface area contributed by atoms with Gasteiger partial charge in [0, 0.05) is 14.7 Å². The number of nitrogens with zero attached hydrogens (tertiary/aromatic N) is 1. The van der Waals surface area contributed by atoms with E-state index in [1.54, 1.807) is 0 Å². The first kappa shape index (κ1) is 32.1. The first-order chi connectivity index (χ1) is 19.0. The molecule has 0 saturated carbocycles. The van der Waals surface area contributed by atoms with Gasteiger partial charge in [0.1, 0.15) is 12.4 Å². The Morgan fingerprint density at radius 1 is 0.659 bits per heavy atom. The van der Waals surface area contributed by atoms with Gasteiger partial charge < -0.3 is 4.74 Å². The minimum atomic E-state index is -7.48. The van der Waals surface area contributed by atoms with Crippen LogP contribution in [0.4, 0.5) is 39.5 Å². The summed E-state index contributed by atoms with van der Waals surface area (Å²) in [6.45, 7) is -0.0647. The topological polar surface area (TPSA) is 76.4 Å². The third-order valence-corrected chi connectivity index (χ3v) is 10.6. The Bertz CT molecular complexity index is 1440. The number of benzene rings is 3. The highest BCUT2D eigenvalue weighted by Gasteiger charge is 2.86. The molecule has 41 heavy (non-hydrogen) atoms. The minimum Gasteiger partial charge on any atom is -0.493 e. The van der Waals surface area contributed by atoms with E-state index < -0.39 is 43.7 Å².